The van der Waals surface area contributed by atoms with Crippen molar-refractivity contribution in [1.29, 1.82) is 0 Å². The summed E-state index contributed by atoms with van der Waals surface area (Å²) in [4.78, 5) is 21.1. The SMILES string of the molecule is Cc1cc(C)n2nc(C(=O)NC(C)C3CC4CCC3C4)nc2n1. The number of fused-ring (bicyclic) bond motifs is 3. The lowest BCUT2D eigenvalue weighted by atomic mass is 9.84. The zero-order valence-electron chi connectivity index (χ0n) is 13.9. The lowest BCUT2D eigenvalue weighted by Crippen LogP contribution is -2.40. The molecule has 2 fully saturated rings. The van der Waals surface area contributed by atoms with Crippen LogP contribution in [-0.4, -0.2) is 31.5 Å². The Balaban J connectivity index is 1.51. The predicted molar refractivity (Wildman–Crippen MR) is 86.1 cm³/mol. The summed E-state index contributed by atoms with van der Waals surface area (Å²) in [6.07, 6.45) is 5.30. The highest BCUT2D eigenvalue weighted by Gasteiger charge is 2.42. The molecule has 2 aliphatic carbocycles. The number of nitrogens with one attached hydrogen (secondary N) is 1. The minimum absolute atomic E-state index is 0.181. The first kappa shape index (κ1) is 14.6. The van der Waals surface area contributed by atoms with Crippen molar-refractivity contribution in [3.63, 3.8) is 0 Å². The minimum atomic E-state index is -0.192. The molecule has 2 aromatic rings. The maximum Gasteiger partial charge on any atom is 0.291 e. The summed E-state index contributed by atoms with van der Waals surface area (Å²) in [5.74, 6) is 2.78. The van der Waals surface area contributed by atoms with Crippen LogP contribution >= 0.6 is 0 Å². The molecule has 4 rings (SSSR count). The van der Waals surface area contributed by atoms with Crippen LogP contribution in [0.2, 0.25) is 0 Å². The number of rotatable bonds is 3. The van der Waals surface area contributed by atoms with Crippen LogP contribution < -0.4 is 5.32 Å². The lowest BCUT2D eigenvalue weighted by molar-refractivity contribution is 0.0905. The number of aromatic nitrogens is 4. The average molecular weight is 313 g/mol. The molecule has 0 aliphatic heterocycles. The fraction of sp³-hybridized carbons (Fsp3) is 0.647. The number of amides is 1. The Hall–Kier alpha value is -1.98. The van der Waals surface area contributed by atoms with Crippen molar-refractivity contribution >= 4 is 11.7 Å². The van der Waals surface area contributed by atoms with Crippen LogP contribution in [0.15, 0.2) is 6.07 Å². The van der Waals surface area contributed by atoms with Crippen molar-refractivity contribution in [1.82, 2.24) is 24.9 Å². The highest BCUT2D eigenvalue weighted by Crippen LogP contribution is 2.49. The Morgan fingerprint density at radius 1 is 1.30 bits per heavy atom. The summed E-state index contributed by atoms with van der Waals surface area (Å²) in [6.45, 7) is 5.97. The van der Waals surface area contributed by atoms with E-state index in [9.17, 15) is 4.79 Å². The molecule has 122 valence electrons. The van der Waals surface area contributed by atoms with Gasteiger partial charge in [0.15, 0.2) is 0 Å². The second-order valence-electron chi connectivity index (χ2n) is 7.29. The van der Waals surface area contributed by atoms with Gasteiger partial charge in [0.2, 0.25) is 5.82 Å². The molecule has 0 aromatic carbocycles. The normalized spacial score (nSPS) is 27.5. The summed E-state index contributed by atoms with van der Waals surface area (Å²) in [7, 11) is 0. The van der Waals surface area contributed by atoms with Crippen molar-refractivity contribution in [2.75, 3.05) is 0 Å². The van der Waals surface area contributed by atoms with E-state index in [1.165, 1.54) is 25.7 Å². The van der Waals surface area contributed by atoms with Crippen molar-refractivity contribution in [2.45, 2.75) is 52.5 Å². The monoisotopic (exact) mass is 313 g/mol. The molecule has 23 heavy (non-hydrogen) atoms. The minimum Gasteiger partial charge on any atom is -0.347 e. The quantitative estimate of drug-likeness (QED) is 0.943. The summed E-state index contributed by atoms with van der Waals surface area (Å²) in [5, 5.41) is 7.42. The van der Waals surface area contributed by atoms with Crippen LogP contribution in [0.25, 0.3) is 5.78 Å². The van der Waals surface area contributed by atoms with Gasteiger partial charge in [-0.3, -0.25) is 4.79 Å². The topological polar surface area (TPSA) is 72.2 Å². The summed E-state index contributed by atoms with van der Waals surface area (Å²) in [6, 6.07) is 2.11. The fourth-order valence-corrected chi connectivity index (χ4v) is 4.55. The van der Waals surface area contributed by atoms with Crippen LogP contribution in [0.3, 0.4) is 0 Å². The second kappa shape index (κ2) is 5.28. The fourth-order valence-electron chi connectivity index (χ4n) is 4.55. The van der Waals surface area contributed by atoms with E-state index in [1.54, 1.807) is 4.52 Å². The van der Waals surface area contributed by atoms with Crippen LogP contribution in [0, 0.1) is 31.6 Å². The molecule has 0 spiro atoms. The zero-order valence-corrected chi connectivity index (χ0v) is 13.9. The number of nitrogens with zero attached hydrogens (tertiary/aromatic N) is 4. The molecule has 6 heteroatoms. The molecule has 2 aromatic heterocycles. The Morgan fingerprint density at radius 3 is 2.83 bits per heavy atom. The molecule has 4 atom stereocenters. The number of carbonyl (C=O) groups is 1. The molecule has 2 aliphatic rings. The first-order valence-electron chi connectivity index (χ1n) is 8.53. The van der Waals surface area contributed by atoms with Crippen molar-refractivity contribution in [3.05, 3.63) is 23.3 Å². The van der Waals surface area contributed by atoms with E-state index in [4.69, 9.17) is 0 Å². The van der Waals surface area contributed by atoms with Crippen LogP contribution in [-0.2, 0) is 0 Å². The largest absolute Gasteiger partial charge is 0.347 e. The van der Waals surface area contributed by atoms with Gasteiger partial charge in [-0.1, -0.05) is 6.42 Å². The molecule has 4 unspecified atom stereocenters. The first-order valence-corrected chi connectivity index (χ1v) is 8.53. The van der Waals surface area contributed by atoms with E-state index in [-0.39, 0.29) is 17.8 Å². The third-order valence-corrected chi connectivity index (χ3v) is 5.62. The Bertz CT molecular complexity index is 768. The molecule has 1 amide bonds. The van der Waals surface area contributed by atoms with Crippen molar-refractivity contribution in [3.8, 4) is 0 Å². The number of aryl methyl sites for hydroxylation is 2. The standard InChI is InChI=1S/C17H23N5O/c1-9-6-10(2)22-17(18-9)20-15(21-22)16(23)19-11(3)14-8-12-4-5-13(14)7-12/h6,11-14H,4-5,7-8H2,1-3H3,(H,19,23). The van der Waals surface area contributed by atoms with Gasteiger partial charge in [-0.2, -0.15) is 4.98 Å². The Morgan fingerprint density at radius 2 is 2.13 bits per heavy atom. The summed E-state index contributed by atoms with van der Waals surface area (Å²) >= 11 is 0. The summed E-state index contributed by atoms with van der Waals surface area (Å²) in [5.41, 5.74) is 1.81. The number of hydrogen-bond donors (Lipinski definition) is 1. The molecule has 6 nitrogen and oxygen atoms in total. The van der Waals surface area contributed by atoms with E-state index in [0.717, 1.165) is 23.2 Å². The molecular formula is C17H23N5O. The first-order chi connectivity index (χ1) is 11.0. The average Bonchev–Trinajstić information content (AvgIpc) is 3.21. The van der Waals surface area contributed by atoms with Gasteiger partial charge in [0.05, 0.1) is 0 Å². The molecule has 2 heterocycles. The maximum absolute atomic E-state index is 12.5. The van der Waals surface area contributed by atoms with Crippen LogP contribution in [0.4, 0.5) is 0 Å². The van der Waals surface area contributed by atoms with Gasteiger partial charge in [0.1, 0.15) is 0 Å². The molecule has 2 saturated carbocycles. The molecule has 0 radical (unpaired) electrons. The molecule has 0 saturated heterocycles. The van der Waals surface area contributed by atoms with Gasteiger partial charge in [-0.05, 0) is 63.9 Å². The number of carbonyl (C=O) groups excluding carboxylic acids is 1. The van der Waals surface area contributed by atoms with E-state index in [1.807, 2.05) is 19.9 Å². The van der Waals surface area contributed by atoms with Crippen molar-refractivity contribution < 1.29 is 4.79 Å². The van der Waals surface area contributed by atoms with Gasteiger partial charge in [0.25, 0.3) is 11.7 Å². The zero-order chi connectivity index (χ0) is 16.1. The summed E-state index contributed by atoms with van der Waals surface area (Å²) < 4.78 is 1.63. The van der Waals surface area contributed by atoms with E-state index in [2.05, 4.69) is 27.3 Å². The van der Waals surface area contributed by atoms with E-state index >= 15 is 0 Å². The third-order valence-electron chi connectivity index (χ3n) is 5.62. The van der Waals surface area contributed by atoms with E-state index in [0.29, 0.717) is 11.7 Å². The predicted octanol–water partition coefficient (Wildman–Crippen LogP) is 2.30. The van der Waals surface area contributed by atoms with E-state index < -0.39 is 0 Å². The molecular weight excluding hydrogens is 290 g/mol. The van der Waals surface area contributed by atoms with Crippen molar-refractivity contribution in [2.24, 2.45) is 17.8 Å². The van der Waals surface area contributed by atoms with Gasteiger partial charge in [-0.25, -0.2) is 9.50 Å². The third kappa shape index (κ3) is 2.50. The van der Waals surface area contributed by atoms with Crippen LogP contribution in [0.1, 0.15) is 54.6 Å². The number of hydrogen-bond acceptors (Lipinski definition) is 4. The van der Waals surface area contributed by atoms with Gasteiger partial charge in [-0.15, -0.1) is 5.10 Å². The Labute approximate surface area is 135 Å². The van der Waals surface area contributed by atoms with Crippen LogP contribution in [0.5, 0.6) is 0 Å². The maximum atomic E-state index is 12.5. The molecule has 2 bridgehead atoms. The Kier molecular flexibility index (Phi) is 3.36. The van der Waals surface area contributed by atoms with Gasteiger partial charge >= 0.3 is 0 Å². The second-order valence-corrected chi connectivity index (χ2v) is 7.29. The molecule has 1 N–H and O–H groups in total. The highest BCUT2D eigenvalue weighted by atomic mass is 16.2. The smallest absolute Gasteiger partial charge is 0.291 e. The highest BCUT2D eigenvalue weighted by molar-refractivity contribution is 5.91. The van der Waals surface area contributed by atoms with Gasteiger partial charge in [0, 0.05) is 17.4 Å². The van der Waals surface area contributed by atoms with Gasteiger partial charge < -0.3 is 5.32 Å². The lowest BCUT2D eigenvalue weighted by Gasteiger charge is -2.28.